The first-order valence-electron chi connectivity index (χ1n) is 7.02. The van der Waals surface area contributed by atoms with E-state index in [2.05, 4.69) is 55.6 Å². The van der Waals surface area contributed by atoms with Gasteiger partial charge in [-0.1, -0.05) is 24.3 Å². The second kappa shape index (κ2) is 6.20. The molecule has 0 aliphatic heterocycles. The highest BCUT2D eigenvalue weighted by Crippen LogP contribution is 2.17. The Labute approximate surface area is 121 Å². The summed E-state index contributed by atoms with van der Waals surface area (Å²) in [7, 11) is 1.98. The third-order valence-electron chi connectivity index (χ3n) is 4.07. The molecule has 108 valence electrons. The van der Waals surface area contributed by atoms with Crippen molar-refractivity contribution in [2.75, 3.05) is 0 Å². The number of hydrogen-bond acceptors (Lipinski definition) is 3. The summed E-state index contributed by atoms with van der Waals surface area (Å²) in [5.41, 5.74) is 9.21. The summed E-state index contributed by atoms with van der Waals surface area (Å²) in [5, 5.41) is 4.47. The molecule has 3 N–H and O–H groups in total. The Hall–Kier alpha value is -1.65. The number of rotatable bonds is 5. The Morgan fingerprint density at radius 1 is 1.20 bits per heavy atom. The van der Waals surface area contributed by atoms with Crippen molar-refractivity contribution in [3.63, 3.8) is 0 Å². The van der Waals surface area contributed by atoms with Crippen LogP contribution in [-0.2, 0) is 19.9 Å². The molecule has 0 spiro atoms. The number of nitrogens with one attached hydrogen (secondary N) is 1. The Balaban J connectivity index is 2.15. The summed E-state index contributed by atoms with van der Waals surface area (Å²) < 4.78 is 1.94. The normalized spacial score (nSPS) is 12.7. The first-order valence-corrected chi connectivity index (χ1v) is 7.02. The van der Waals surface area contributed by atoms with Crippen LogP contribution in [0.1, 0.15) is 28.1 Å². The quantitative estimate of drug-likeness (QED) is 0.646. The standard InChI is InChI=1S/C16H24N4/c1-11-7-5-6-8-14(11)9-15(18-17)10-16-12(2)19-20(4)13(16)3/h5-8,15,18H,9-10,17H2,1-4H3. The summed E-state index contributed by atoms with van der Waals surface area (Å²) >= 11 is 0. The van der Waals surface area contributed by atoms with Gasteiger partial charge in [0, 0.05) is 18.8 Å². The molecule has 4 nitrogen and oxygen atoms in total. The fourth-order valence-electron chi connectivity index (χ4n) is 2.65. The van der Waals surface area contributed by atoms with Gasteiger partial charge in [0.2, 0.25) is 0 Å². The summed E-state index contributed by atoms with van der Waals surface area (Å²) in [6, 6.07) is 8.68. The monoisotopic (exact) mass is 272 g/mol. The lowest BCUT2D eigenvalue weighted by Crippen LogP contribution is -2.38. The van der Waals surface area contributed by atoms with E-state index in [1.807, 2.05) is 11.7 Å². The van der Waals surface area contributed by atoms with Crippen LogP contribution in [0.3, 0.4) is 0 Å². The maximum Gasteiger partial charge on any atom is 0.0628 e. The molecule has 2 rings (SSSR count). The molecule has 20 heavy (non-hydrogen) atoms. The summed E-state index contributed by atoms with van der Waals surface area (Å²) in [4.78, 5) is 0. The van der Waals surface area contributed by atoms with Crippen LogP contribution in [0.5, 0.6) is 0 Å². The van der Waals surface area contributed by atoms with E-state index in [0.717, 1.165) is 18.5 Å². The number of aromatic nitrogens is 2. The number of benzene rings is 1. The molecule has 0 saturated heterocycles. The number of hydrogen-bond donors (Lipinski definition) is 2. The topological polar surface area (TPSA) is 55.9 Å². The van der Waals surface area contributed by atoms with Crippen LogP contribution in [0, 0.1) is 20.8 Å². The average Bonchev–Trinajstić information content (AvgIpc) is 2.66. The lowest BCUT2D eigenvalue weighted by atomic mass is 9.96. The first kappa shape index (κ1) is 14.8. The van der Waals surface area contributed by atoms with Crippen molar-refractivity contribution in [3.8, 4) is 0 Å². The SMILES string of the molecule is Cc1ccccc1CC(Cc1c(C)nn(C)c1C)NN. The largest absolute Gasteiger partial charge is 0.272 e. The second-order valence-electron chi connectivity index (χ2n) is 5.47. The molecule has 1 atom stereocenters. The predicted octanol–water partition coefficient (Wildman–Crippen LogP) is 1.96. The van der Waals surface area contributed by atoms with Gasteiger partial charge in [-0.25, -0.2) is 0 Å². The molecule has 0 aliphatic carbocycles. The van der Waals surface area contributed by atoms with Gasteiger partial charge in [-0.2, -0.15) is 5.10 Å². The zero-order valence-electron chi connectivity index (χ0n) is 12.8. The Morgan fingerprint density at radius 2 is 1.90 bits per heavy atom. The molecule has 1 heterocycles. The van der Waals surface area contributed by atoms with Gasteiger partial charge in [-0.15, -0.1) is 0 Å². The minimum absolute atomic E-state index is 0.220. The Kier molecular flexibility index (Phi) is 4.57. The van der Waals surface area contributed by atoms with Gasteiger partial charge in [-0.05, 0) is 50.3 Å². The van der Waals surface area contributed by atoms with Crippen molar-refractivity contribution in [2.45, 2.75) is 39.7 Å². The van der Waals surface area contributed by atoms with Gasteiger partial charge in [0.15, 0.2) is 0 Å². The molecular formula is C16H24N4. The van der Waals surface area contributed by atoms with Crippen LogP contribution in [0.25, 0.3) is 0 Å². The molecule has 0 bridgehead atoms. The Morgan fingerprint density at radius 3 is 2.45 bits per heavy atom. The van der Waals surface area contributed by atoms with Gasteiger partial charge >= 0.3 is 0 Å². The van der Waals surface area contributed by atoms with E-state index in [1.54, 1.807) is 0 Å². The fraction of sp³-hybridized carbons (Fsp3) is 0.438. The van der Waals surface area contributed by atoms with Gasteiger partial charge < -0.3 is 0 Å². The van der Waals surface area contributed by atoms with E-state index in [9.17, 15) is 0 Å². The fourth-order valence-corrected chi connectivity index (χ4v) is 2.65. The van der Waals surface area contributed by atoms with Crippen molar-refractivity contribution < 1.29 is 0 Å². The van der Waals surface area contributed by atoms with Crippen LogP contribution in [-0.4, -0.2) is 15.8 Å². The lowest BCUT2D eigenvalue weighted by molar-refractivity contribution is 0.519. The van der Waals surface area contributed by atoms with Crippen molar-refractivity contribution in [2.24, 2.45) is 12.9 Å². The van der Waals surface area contributed by atoms with Crippen LogP contribution in [0.4, 0.5) is 0 Å². The summed E-state index contributed by atoms with van der Waals surface area (Å²) in [5.74, 6) is 5.75. The van der Waals surface area contributed by atoms with E-state index in [1.165, 1.54) is 22.4 Å². The molecule has 0 amide bonds. The van der Waals surface area contributed by atoms with Crippen molar-refractivity contribution in [3.05, 3.63) is 52.3 Å². The van der Waals surface area contributed by atoms with Gasteiger partial charge in [-0.3, -0.25) is 16.0 Å². The minimum Gasteiger partial charge on any atom is -0.272 e. The van der Waals surface area contributed by atoms with Crippen LogP contribution >= 0.6 is 0 Å². The van der Waals surface area contributed by atoms with Crippen molar-refractivity contribution >= 4 is 0 Å². The summed E-state index contributed by atoms with van der Waals surface area (Å²) in [6.07, 6.45) is 1.83. The smallest absolute Gasteiger partial charge is 0.0628 e. The maximum atomic E-state index is 5.75. The zero-order valence-corrected chi connectivity index (χ0v) is 12.8. The highest BCUT2D eigenvalue weighted by atomic mass is 15.3. The number of hydrazine groups is 1. The van der Waals surface area contributed by atoms with Crippen LogP contribution < -0.4 is 11.3 Å². The summed E-state index contributed by atoms with van der Waals surface area (Å²) in [6.45, 7) is 6.31. The Bertz CT molecular complexity index is 586. The second-order valence-corrected chi connectivity index (χ2v) is 5.47. The highest BCUT2D eigenvalue weighted by Gasteiger charge is 2.16. The maximum absolute atomic E-state index is 5.75. The molecule has 1 aromatic carbocycles. The molecular weight excluding hydrogens is 248 g/mol. The molecule has 1 unspecified atom stereocenters. The average molecular weight is 272 g/mol. The van der Waals surface area contributed by atoms with Gasteiger partial charge in [0.1, 0.15) is 0 Å². The number of nitrogens with zero attached hydrogens (tertiary/aromatic N) is 2. The van der Waals surface area contributed by atoms with Gasteiger partial charge in [0.25, 0.3) is 0 Å². The van der Waals surface area contributed by atoms with Crippen molar-refractivity contribution in [1.82, 2.24) is 15.2 Å². The molecule has 4 heteroatoms. The molecule has 2 aromatic rings. The van der Waals surface area contributed by atoms with E-state index < -0.39 is 0 Å². The van der Waals surface area contributed by atoms with Gasteiger partial charge in [0.05, 0.1) is 5.69 Å². The zero-order chi connectivity index (χ0) is 14.7. The molecule has 1 aromatic heterocycles. The molecule has 0 saturated carbocycles. The van der Waals surface area contributed by atoms with E-state index in [-0.39, 0.29) is 6.04 Å². The minimum atomic E-state index is 0.220. The third-order valence-corrected chi connectivity index (χ3v) is 4.07. The molecule has 0 radical (unpaired) electrons. The number of aryl methyl sites for hydroxylation is 3. The van der Waals surface area contributed by atoms with E-state index in [4.69, 9.17) is 5.84 Å². The van der Waals surface area contributed by atoms with E-state index >= 15 is 0 Å². The van der Waals surface area contributed by atoms with Crippen molar-refractivity contribution in [1.29, 1.82) is 0 Å². The van der Waals surface area contributed by atoms with Crippen LogP contribution in [0.15, 0.2) is 24.3 Å². The van der Waals surface area contributed by atoms with Crippen LogP contribution in [0.2, 0.25) is 0 Å². The first-order chi connectivity index (χ1) is 9.52. The number of nitrogens with two attached hydrogens (primary N) is 1. The van der Waals surface area contributed by atoms with E-state index in [0.29, 0.717) is 0 Å². The highest BCUT2D eigenvalue weighted by molar-refractivity contribution is 5.29. The molecule has 0 fully saturated rings. The predicted molar refractivity (Wildman–Crippen MR) is 82.4 cm³/mol. The lowest BCUT2D eigenvalue weighted by Gasteiger charge is -2.17. The third kappa shape index (κ3) is 3.08. The molecule has 0 aliphatic rings.